The first-order valence-electron chi connectivity index (χ1n) is 17.0. The van der Waals surface area contributed by atoms with Crippen LogP contribution in [-0.4, -0.2) is 125 Å². The van der Waals surface area contributed by atoms with E-state index in [1.807, 2.05) is 0 Å². The number of benzene rings is 1. The van der Waals surface area contributed by atoms with Gasteiger partial charge in [0.2, 0.25) is 11.8 Å². The highest BCUT2D eigenvalue weighted by Gasteiger charge is 2.36. The van der Waals surface area contributed by atoms with Crippen LogP contribution >= 0.6 is 0 Å². The van der Waals surface area contributed by atoms with Gasteiger partial charge in [-0.05, 0) is 64.0 Å². The van der Waals surface area contributed by atoms with E-state index in [4.69, 9.17) is 9.47 Å². The van der Waals surface area contributed by atoms with Crippen LogP contribution in [0.15, 0.2) is 30.3 Å². The van der Waals surface area contributed by atoms with Crippen LogP contribution < -0.4 is 15.4 Å². The number of carboxylic acid groups (broad SMARTS) is 1. The Morgan fingerprint density at radius 2 is 1.71 bits per heavy atom. The molecule has 15 nitrogen and oxygen atoms in total. The van der Waals surface area contributed by atoms with Crippen LogP contribution in [-0.2, 0) is 23.9 Å². The molecule has 0 bridgehead atoms. The first-order valence-corrected chi connectivity index (χ1v) is 17.0. The average Bonchev–Trinajstić information content (AvgIpc) is 3.58. The summed E-state index contributed by atoms with van der Waals surface area (Å²) < 4.78 is 11.0. The quantitative estimate of drug-likeness (QED) is 0.282. The molecule has 2 saturated heterocycles. The van der Waals surface area contributed by atoms with Gasteiger partial charge in [0.25, 0.3) is 11.8 Å². The van der Waals surface area contributed by atoms with E-state index in [0.29, 0.717) is 30.3 Å². The molecule has 3 N–H and O–H groups in total. The maximum atomic E-state index is 13.6. The summed E-state index contributed by atoms with van der Waals surface area (Å²) in [5, 5.41) is 15.5. The molecule has 264 valence electrons. The van der Waals surface area contributed by atoms with Crippen LogP contribution in [0.3, 0.4) is 0 Å². The highest BCUT2D eigenvalue weighted by molar-refractivity contribution is 5.99. The SMILES string of the molecule is CCOC(=O)N1CCN(C(=O)C(CCCC(=O)O)NC(=O)c2cc(OCC(=O)N3CCCC3C(=O)NC3CCC3)c3ccccc3n2)CC1. The molecule has 2 atom stereocenters. The second-order valence-electron chi connectivity index (χ2n) is 12.5. The summed E-state index contributed by atoms with van der Waals surface area (Å²) in [4.78, 5) is 85.7. The number of likely N-dealkylation sites (tertiary alicyclic amines) is 1. The number of amides is 5. The van der Waals surface area contributed by atoms with Crippen LogP contribution in [0, 0.1) is 0 Å². The minimum Gasteiger partial charge on any atom is -0.483 e. The number of piperazine rings is 1. The van der Waals surface area contributed by atoms with E-state index in [1.165, 1.54) is 15.9 Å². The van der Waals surface area contributed by atoms with Gasteiger partial charge in [0.15, 0.2) is 6.61 Å². The van der Waals surface area contributed by atoms with Gasteiger partial charge in [-0.2, -0.15) is 0 Å². The van der Waals surface area contributed by atoms with Crippen molar-refractivity contribution in [2.24, 2.45) is 0 Å². The topological polar surface area (TPSA) is 188 Å². The van der Waals surface area contributed by atoms with Crippen molar-refractivity contribution in [3.8, 4) is 5.75 Å². The first kappa shape index (κ1) is 35.4. The highest BCUT2D eigenvalue weighted by atomic mass is 16.6. The lowest BCUT2D eigenvalue weighted by molar-refractivity contribution is -0.140. The first-order chi connectivity index (χ1) is 23.6. The molecule has 0 spiro atoms. The van der Waals surface area contributed by atoms with E-state index in [9.17, 15) is 33.9 Å². The number of nitrogens with zero attached hydrogens (tertiary/aromatic N) is 4. The van der Waals surface area contributed by atoms with E-state index >= 15 is 0 Å². The number of hydrogen-bond donors (Lipinski definition) is 3. The molecule has 2 unspecified atom stereocenters. The van der Waals surface area contributed by atoms with Gasteiger partial charge < -0.3 is 39.9 Å². The normalized spacial score (nSPS) is 18.4. The maximum absolute atomic E-state index is 13.6. The predicted octanol–water partition coefficient (Wildman–Crippen LogP) is 1.93. The Bertz CT molecular complexity index is 1560. The van der Waals surface area contributed by atoms with E-state index < -0.39 is 36.0 Å². The molecule has 15 heteroatoms. The van der Waals surface area contributed by atoms with Crippen molar-refractivity contribution in [3.63, 3.8) is 0 Å². The zero-order valence-corrected chi connectivity index (χ0v) is 27.7. The van der Waals surface area contributed by atoms with Gasteiger partial charge in [0.1, 0.15) is 23.5 Å². The van der Waals surface area contributed by atoms with Gasteiger partial charge in [-0.15, -0.1) is 0 Å². The number of rotatable bonds is 13. The van der Waals surface area contributed by atoms with Crippen LogP contribution in [0.5, 0.6) is 5.75 Å². The summed E-state index contributed by atoms with van der Waals surface area (Å²) in [5.74, 6) is -2.34. The van der Waals surface area contributed by atoms with Crippen molar-refractivity contribution < 1.29 is 43.3 Å². The molecule has 2 aliphatic heterocycles. The largest absolute Gasteiger partial charge is 0.483 e. The predicted molar refractivity (Wildman–Crippen MR) is 176 cm³/mol. The van der Waals surface area contributed by atoms with E-state index in [1.54, 1.807) is 36.1 Å². The third-order valence-electron chi connectivity index (χ3n) is 9.19. The van der Waals surface area contributed by atoms with E-state index in [-0.39, 0.29) is 88.0 Å². The fraction of sp³-hybridized carbons (Fsp3) is 0.559. The molecule has 2 aromatic rings. The summed E-state index contributed by atoms with van der Waals surface area (Å²) in [5.41, 5.74) is 0.378. The fourth-order valence-corrected chi connectivity index (χ4v) is 6.28. The molecule has 49 heavy (non-hydrogen) atoms. The summed E-state index contributed by atoms with van der Waals surface area (Å²) in [6, 6.07) is 6.96. The van der Waals surface area contributed by atoms with Crippen LogP contribution in [0.1, 0.15) is 68.8 Å². The van der Waals surface area contributed by atoms with Crippen molar-refractivity contribution >= 4 is 46.6 Å². The molecule has 5 amide bonds. The Labute approximate surface area is 284 Å². The number of nitrogens with one attached hydrogen (secondary N) is 2. The average molecular weight is 681 g/mol. The van der Waals surface area contributed by atoms with Crippen molar-refractivity contribution in [2.45, 2.75) is 76.4 Å². The van der Waals surface area contributed by atoms with Crippen LogP contribution in [0.4, 0.5) is 4.79 Å². The van der Waals surface area contributed by atoms with Crippen molar-refractivity contribution in [1.82, 2.24) is 30.3 Å². The molecule has 5 rings (SSSR count). The number of ether oxygens (including phenoxy) is 2. The maximum Gasteiger partial charge on any atom is 0.409 e. The monoisotopic (exact) mass is 680 g/mol. The van der Waals surface area contributed by atoms with Gasteiger partial charge in [0.05, 0.1) is 12.1 Å². The summed E-state index contributed by atoms with van der Waals surface area (Å²) >= 11 is 0. The number of aromatic nitrogens is 1. The Kier molecular flexibility index (Phi) is 11.9. The molecule has 3 heterocycles. The minimum absolute atomic E-state index is 0.0526. The highest BCUT2D eigenvalue weighted by Crippen LogP contribution is 2.27. The minimum atomic E-state index is -1.04. The summed E-state index contributed by atoms with van der Waals surface area (Å²) in [7, 11) is 0. The molecule has 1 aromatic carbocycles. The van der Waals surface area contributed by atoms with E-state index in [2.05, 4.69) is 15.6 Å². The lowest BCUT2D eigenvalue weighted by Crippen LogP contribution is -2.56. The standard InChI is InChI=1S/C34H44N6O9/c1-2-48-34(47)39-18-16-38(17-19-39)33(46)25(12-6-14-30(42)43)37-31(44)26-20-28(23-10-3-4-11-24(23)36-26)49-21-29(41)40-15-7-13-27(40)32(45)35-22-8-5-9-22/h3-4,10-11,20,22,25,27H,2,5-9,12-19,21H2,1H3,(H,35,45)(H,37,44)(H,42,43). The Balaban J connectivity index is 1.27. The third-order valence-corrected chi connectivity index (χ3v) is 9.19. The van der Waals surface area contributed by atoms with Gasteiger partial charge >= 0.3 is 12.1 Å². The molecular formula is C34H44N6O9. The fourth-order valence-electron chi connectivity index (χ4n) is 6.28. The van der Waals surface area contributed by atoms with Gasteiger partial charge in [-0.3, -0.25) is 24.0 Å². The number of carbonyl (C=O) groups is 6. The Morgan fingerprint density at radius 1 is 0.980 bits per heavy atom. The number of carboxylic acids is 1. The molecule has 0 radical (unpaired) electrons. The molecule has 1 aromatic heterocycles. The number of carbonyl (C=O) groups excluding carboxylic acids is 5. The lowest BCUT2D eigenvalue weighted by atomic mass is 9.93. The molecule has 1 saturated carbocycles. The van der Waals surface area contributed by atoms with Crippen molar-refractivity contribution in [2.75, 3.05) is 45.9 Å². The van der Waals surface area contributed by atoms with Gasteiger partial charge in [-0.25, -0.2) is 9.78 Å². The second kappa shape index (κ2) is 16.4. The van der Waals surface area contributed by atoms with Gasteiger partial charge in [0, 0.05) is 56.6 Å². The Hall–Kier alpha value is -4.95. The number of hydrogen-bond acceptors (Lipinski definition) is 9. The van der Waals surface area contributed by atoms with Gasteiger partial charge in [-0.1, -0.05) is 12.1 Å². The molecule has 3 fully saturated rings. The zero-order valence-electron chi connectivity index (χ0n) is 27.7. The number of para-hydroxylation sites is 1. The van der Waals surface area contributed by atoms with Crippen LogP contribution in [0.25, 0.3) is 10.9 Å². The number of pyridine rings is 1. The lowest BCUT2D eigenvalue weighted by Gasteiger charge is -2.36. The Morgan fingerprint density at radius 3 is 2.41 bits per heavy atom. The third kappa shape index (κ3) is 8.95. The second-order valence-corrected chi connectivity index (χ2v) is 12.5. The van der Waals surface area contributed by atoms with E-state index in [0.717, 1.165) is 19.3 Å². The molecule has 1 aliphatic carbocycles. The van der Waals surface area contributed by atoms with Crippen LogP contribution in [0.2, 0.25) is 0 Å². The van der Waals surface area contributed by atoms with Crippen molar-refractivity contribution in [1.29, 1.82) is 0 Å². The number of aliphatic carboxylic acids is 1. The summed E-state index contributed by atoms with van der Waals surface area (Å²) in [6.07, 6.45) is 3.86. The van der Waals surface area contributed by atoms with Crippen molar-refractivity contribution in [3.05, 3.63) is 36.0 Å². The number of fused-ring (bicyclic) bond motifs is 1. The zero-order chi connectivity index (χ0) is 34.9. The summed E-state index contributed by atoms with van der Waals surface area (Å²) in [6.45, 7) is 3.02. The molecule has 3 aliphatic rings. The molecular weight excluding hydrogens is 636 g/mol. The smallest absolute Gasteiger partial charge is 0.409 e.